The number of aromatic nitrogens is 5. The third kappa shape index (κ3) is 3.40. The Morgan fingerprint density at radius 2 is 1.97 bits per heavy atom. The van der Waals surface area contributed by atoms with E-state index >= 15 is 0 Å². The standard InChI is InChI=1S/C21H14ClF2N9O2/c1-9-7-13(29-33-18(9)26-27-19(33)17(23)24)32-15(10-3-5-11(22)6-4-10)16-14(21(32)35)12(8-31(16)2)20(34)28-30-25/h3-8,15,17H,1-2H3. The van der Waals surface area contributed by atoms with Crippen molar-refractivity contribution in [2.24, 2.45) is 12.2 Å². The van der Waals surface area contributed by atoms with Crippen molar-refractivity contribution < 1.29 is 18.4 Å². The number of fused-ring (bicyclic) bond motifs is 2. The molecule has 0 saturated carbocycles. The van der Waals surface area contributed by atoms with Crippen LogP contribution in [0.3, 0.4) is 0 Å². The molecule has 0 aliphatic carbocycles. The van der Waals surface area contributed by atoms with Crippen molar-refractivity contribution in [1.29, 1.82) is 0 Å². The van der Waals surface area contributed by atoms with Crippen molar-refractivity contribution in [2.75, 3.05) is 4.90 Å². The number of carbonyl (C=O) groups is 2. The highest BCUT2D eigenvalue weighted by Gasteiger charge is 2.45. The van der Waals surface area contributed by atoms with E-state index in [1.165, 1.54) is 17.2 Å². The molecule has 35 heavy (non-hydrogen) atoms. The molecule has 0 saturated heterocycles. The predicted molar refractivity (Wildman–Crippen MR) is 119 cm³/mol. The van der Waals surface area contributed by atoms with E-state index in [0.717, 1.165) is 4.52 Å². The molecule has 3 aromatic heterocycles. The van der Waals surface area contributed by atoms with Gasteiger partial charge in [0.25, 0.3) is 18.2 Å². The number of nitrogens with zero attached hydrogens (tertiary/aromatic N) is 9. The topological polar surface area (TPSA) is 134 Å². The third-order valence-corrected chi connectivity index (χ3v) is 5.99. The molecule has 11 nitrogen and oxygen atoms in total. The van der Waals surface area contributed by atoms with Crippen LogP contribution in [0, 0.1) is 6.92 Å². The number of hydrogen-bond donors (Lipinski definition) is 0. The van der Waals surface area contributed by atoms with Crippen LogP contribution >= 0.6 is 11.6 Å². The van der Waals surface area contributed by atoms with Crippen molar-refractivity contribution in [3.05, 3.63) is 85.8 Å². The molecule has 0 radical (unpaired) electrons. The van der Waals surface area contributed by atoms with Gasteiger partial charge in [0.1, 0.15) is 6.04 Å². The smallest absolute Gasteiger partial charge is 0.299 e. The predicted octanol–water partition coefficient (Wildman–Crippen LogP) is 4.56. The van der Waals surface area contributed by atoms with Gasteiger partial charge in [0.15, 0.2) is 11.5 Å². The van der Waals surface area contributed by atoms with Crippen molar-refractivity contribution in [1.82, 2.24) is 24.4 Å². The number of aryl methyl sites for hydroxylation is 2. The monoisotopic (exact) mass is 497 g/mol. The van der Waals surface area contributed by atoms with E-state index in [4.69, 9.17) is 17.1 Å². The van der Waals surface area contributed by atoms with Crippen molar-refractivity contribution in [2.45, 2.75) is 19.4 Å². The minimum atomic E-state index is -2.95. The largest absolute Gasteiger partial charge is 0.351 e. The Hall–Kier alpha value is -4.35. The van der Waals surface area contributed by atoms with Crippen LogP contribution in [0.4, 0.5) is 14.6 Å². The van der Waals surface area contributed by atoms with Crippen LogP contribution in [0.15, 0.2) is 41.6 Å². The zero-order valence-electron chi connectivity index (χ0n) is 18.1. The van der Waals surface area contributed by atoms with E-state index in [-0.39, 0.29) is 22.6 Å². The molecule has 1 aromatic carbocycles. The molecule has 5 rings (SSSR count). The van der Waals surface area contributed by atoms with Gasteiger partial charge in [-0.1, -0.05) is 23.7 Å². The first kappa shape index (κ1) is 22.4. The van der Waals surface area contributed by atoms with Gasteiger partial charge >= 0.3 is 0 Å². The molecule has 0 N–H and O–H groups in total. The maximum Gasteiger partial charge on any atom is 0.299 e. The molecule has 0 bridgehead atoms. The Morgan fingerprint density at radius 3 is 2.63 bits per heavy atom. The van der Waals surface area contributed by atoms with Gasteiger partial charge in [0.05, 0.1) is 16.8 Å². The second kappa shape index (κ2) is 8.15. The van der Waals surface area contributed by atoms with E-state index in [1.54, 1.807) is 42.8 Å². The highest BCUT2D eigenvalue weighted by atomic mass is 35.5. The van der Waals surface area contributed by atoms with E-state index < -0.39 is 30.1 Å². The van der Waals surface area contributed by atoms with Crippen LogP contribution in [-0.2, 0) is 7.05 Å². The van der Waals surface area contributed by atoms with Crippen LogP contribution in [0.1, 0.15) is 55.8 Å². The Balaban J connectivity index is 1.77. The summed E-state index contributed by atoms with van der Waals surface area (Å²) in [6.07, 6.45) is -1.53. The van der Waals surface area contributed by atoms with Gasteiger partial charge in [0.2, 0.25) is 5.82 Å². The van der Waals surface area contributed by atoms with E-state index in [1.807, 2.05) is 0 Å². The number of azide groups is 1. The summed E-state index contributed by atoms with van der Waals surface area (Å²) in [5, 5.41) is 15.1. The third-order valence-electron chi connectivity index (χ3n) is 5.74. The number of benzene rings is 1. The lowest BCUT2D eigenvalue weighted by molar-refractivity contribution is 0.0965. The van der Waals surface area contributed by atoms with Crippen LogP contribution in [0.2, 0.25) is 5.02 Å². The van der Waals surface area contributed by atoms with Crippen LogP contribution < -0.4 is 4.90 Å². The average molecular weight is 498 g/mol. The van der Waals surface area contributed by atoms with Crippen molar-refractivity contribution in [3.63, 3.8) is 0 Å². The van der Waals surface area contributed by atoms with Gasteiger partial charge in [0, 0.05) is 23.2 Å². The molecule has 1 aliphatic rings. The summed E-state index contributed by atoms with van der Waals surface area (Å²) in [5.41, 5.74) is 10.3. The second-order valence-electron chi connectivity index (χ2n) is 7.82. The number of rotatable bonds is 4. The maximum atomic E-state index is 13.8. The van der Waals surface area contributed by atoms with Crippen LogP contribution in [0.5, 0.6) is 0 Å². The molecule has 0 fully saturated rings. The Morgan fingerprint density at radius 1 is 1.26 bits per heavy atom. The molecular weight excluding hydrogens is 484 g/mol. The normalized spacial score (nSPS) is 15.1. The molecule has 176 valence electrons. The molecule has 1 aliphatic heterocycles. The van der Waals surface area contributed by atoms with Gasteiger partial charge < -0.3 is 4.57 Å². The van der Waals surface area contributed by atoms with Gasteiger partial charge in [-0.25, -0.2) is 8.78 Å². The first-order valence-electron chi connectivity index (χ1n) is 10.1. The summed E-state index contributed by atoms with van der Waals surface area (Å²) in [6.45, 7) is 1.63. The fraction of sp³-hybridized carbons (Fsp3) is 0.190. The highest BCUT2D eigenvalue weighted by molar-refractivity contribution is 6.30. The number of hydrogen-bond acceptors (Lipinski definition) is 5. The average Bonchev–Trinajstić information content (AvgIpc) is 3.47. The molecule has 1 atom stereocenters. The Labute approximate surface area is 200 Å². The van der Waals surface area contributed by atoms with Crippen molar-refractivity contribution in [3.8, 4) is 0 Å². The molecular formula is C21H14ClF2N9O2. The number of carbonyl (C=O) groups excluding carboxylic acids is 2. The molecule has 0 spiro atoms. The minimum absolute atomic E-state index is 0.0299. The number of anilines is 1. The zero-order valence-corrected chi connectivity index (χ0v) is 18.9. The summed E-state index contributed by atoms with van der Waals surface area (Å²) >= 11 is 6.06. The van der Waals surface area contributed by atoms with Gasteiger partial charge in [-0.15, -0.1) is 15.3 Å². The summed E-state index contributed by atoms with van der Waals surface area (Å²) < 4.78 is 29.5. The first-order chi connectivity index (χ1) is 16.7. The lowest BCUT2D eigenvalue weighted by atomic mass is 10.0. The Bertz CT molecular complexity index is 1570. The van der Waals surface area contributed by atoms with Crippen LogP contribution in [-0.4, -0.2) is 36.2 Å². The fourth-order valence-corrected chi connectivity index (χ4v) is 4.41. The first-order valence-corrected chi connectivity index (χ1v) is 10.5. The molecule has 1 unspecified atom stereocenters. The van der Waals surface area contributed by atoms with Gasteiger partial charge in [-0.3, -0.25) is 14.5 Å². The Kier molecular flexibility index (Phi) is 5.23. The number of halogens is 3. The van der Waals surface area contributed by atoms with Gasteiger partial charge in [-0.05, 0) is 46.9 Å². The number of amides is 2. The highest BCUT2D eigenvalue weighted by Crippen LogP contribution is 2.43. The summed E-state index contributed by atoms with van der Waals surface area (Å²) in [7, 11) is 1.64. The summed E-state index contributed by atoms with van der Waals surface area (Å²) in [6, 6.07) is 7.44. The van der Waals surface area contributed by atoms with E-state index in [0.29, 0.717) is 21.8 Å². The summed E-state index contributed by atoms with van der Waals surface area (Å²) in [5.74, 6) is -2.17. The van der Waals surface area contributed by atoms with Crippen molar-refractivity contribution >= 4 is 34.9 Å². The van der Waals surface area contributed by atoms with Crippen LogP contribution in [0.25, 0.3) is 16.1 Å². The number of alkyl halides is 2. The zero-order chi connectivity index (χ0) is 25.0. The molecule has 2 amide bonds. The van der Waals surface area contributed by atoms with Gasteiger partial charge in [-0.2, -0.15) is 4.52 Å². The SMILES string of the molecule is Cc1cc(N2C(=O)c3c(C(=O)N=[N+]=[N-])cn(C)c3C2c2ccc(Cl)cc2)nn2c(C(F)F)nnc12. The lowest BCUT2D eigenvalue weighted by Gasteiger charge is -2.26. The lowest BCUT2D eigenvalue weighted by Crippen LogP contribution is -2.31. The van der Waals surface area contributed by atoms with E-state index in [9.17, 15) is 18.4 Å². The summed E-state index contributed by atoms with van der Waals surface area (Å²) in [4.78, 5) is 30.1. The van der Waals surface area contributed by atoms with E-state index in [2.05, 4.69) is 25.3 Å². The minimum Gasteiger partial charge on any atom is -0.351 e. The fourth-order valence-electron chi connectivity index (χ4n) is 4.28. The molecule has 4 heterocycles. The quantitative estimate of drug-likeness (QED) is 0.231. The second-order valence-corrected chi connectivity index (χ2v) is 8.25. The molecule has 4 aromatic rings. The maximum absolute atomic E-state index is 13.8. The molecule has 14 heteroatoms.